The molecule has 0 unspecified atom stereocenters. The van der Waals surface area contributed by atoms with Crippen molar-refractivity contribution >= 4 is 23.6 Å². The van der Waals surface area contributed by atoms with E-state index in [1.54, 1.807) is 48.5 Å². The van der Waals surface area contributed by atoms with Gasteiger partial charge in [-0.2, -0.15) is 0 Å². The molecule has 0 aliphatic heterocycles. The van der Waals surface area contributed by atoms with Crippen LogP contribution in [0.3, 0.4) is 0 Å². The van der Waals surface area contributed by atoms with Gasteiger partial charge in [-0.15, -0.1) is 0 Å². The summed E-state index contributed by atoms with van der Waals surface area (Å²) in [5, 5.41) is 11.4. The highest BCUT2D eigenvalue weighted by molar-refractivity contribution is 6.05. The summed E-state index contributed by atoms with van der Waals surface area (Å²) in [5.41, 5.74) is 3.10. The Hall–Kier alpha value is -3.90. The molecule has 0 atom stereocenters. The van der Waals surface area contributed by atoms with Crippen molar-refractivity contribution < 1.29 is 19.5 Å². The molecular formula is C22H18N2O4. The Morgan fingerprint density at radius 3 is 2.36 bits per heavy atom. The van der Waals surface area contributed by atoms with Crippen molar-refractivity contribution in [2.75, 3.05) is 5.32 Å². The minimum absolute atomic E-state index is 0.314. The summed E-state index contributed by atoms with van der Waals surface area (Å²) in [6.45, 7) is 0. The zero-order valence-corrected chi connectivity index (χ0v) is 14.8. The third-order valence-electron chi connectivity index (χ3n) is 3.81. The van der Waals surface area contributed by atoms with Crippen LogP contribution >= 0.6 is 0 Å². The monoisotopic (exact) mass is 374 g/mol. The summed E-state index contributed by atoms with van der Waals surface area (Å²) in [7, 11) is 0. The predicted molar refractivity (Wildman–Crippen MR) is 106 cm³/mol. The first-order valence-electron chi connectivity index (χ1n) is 8.51. The number of carbonyl (C=O) groups is 2. The van der Waals surface area contributed by atoms with Crippen molar-refractivity contribution in [3.63, 3.8) is 0 Å². The number of hydrogen-bond acceptors (Lipinski definition) is 4. The molecule has 140 valence electrons. The molecule has 28 heavy (non-hydrogen) atoms. The van der Waals surface area contributed by atoms with Gasteiger partial charge >= 0.3 is 0 Å². The van der Waals surface area contributed by atoms with Crippen LogP contribution in [0, 0.1) is 0 Å². The highest BCUT2D eigenvalue weighted by Gasteiger charge is 2.10. The van der Waals surface area contributed by atoms with Crippen molar-refractivity contribution in [3.8, 4) is 11.5 Å². The van der Waals surface area contributed by atoms with E-state index in [1.807, 2.05) is 30.3 Å². The van der Waals surface area contributed by atoms with Gasteiger partial charge in [0.25, 0.3) is 11.8 Å². The average Bonchev–Trinajstić information content (AvgIpc) is 2.73. The Kier molecular flexibility index (Phi) is 6.17. The zero-order valence-electron chi connectivity index (χ0n) is 14.8. The van der Waals surface area contributed by atoms with E-state index >= 15 is 0 Å². The number of para-hydroxylation sites is 2. The van der Waals surface area contributed by atoms with Gasteiger partial charge in [0.15, 0.2) is 0 Å². The highest BCUT2D eigenvalue weighted by Crippen LogP contribution is 2.23. The molecule has 3 rings (SSSR count). The molecular weight excluding hydrogens is 356 g/mol. The molecule has 0 aromatic heterocycles. The Labute approximate surface area is 162 Å². The van der Waals surface area contributed by atoms with Crippen molar-refractivity contribution in [3.05, 3.63) is 96.1 Å². The van der Waals surface area contributed by atoms with Crippen molar-refractivity contribution in [1.82, 2.24) is 5.48 Å². The van der Waals surface area contributed by atoms with Crippen LogP contribution in [0.25, 0.3) is 6.08 Å². The van der Waals surface area contributed by atoms with E-state index in [9.17, 15) is 9.59 Å². The quantitative estimate of drug-likeness (QED) is 0.342. The average molecular weight is 374 g/mol. The first-order valence-corrected chi connectivity index (χ1v) is 8.51. The largest absolute Gasteiger partial charge is 0.457 e. The Balaban J connectivity index is 1.76. The molecule has 6 heteroatoms. The molecule has 0 heterocycles. The Morgan fingerprint density at radius 1 is 0.857 bits per heavy atom. The van der Waals surface area contributed by atoms with Crippen LogP contribution < -0.4 is 15.5 Å². The molecule has 0 radical (unpaired) electrons. The number of benzene rings is 3. The number of amides is 2. The fraction of sp³-hybridized carbons (Fsp3) is 0. The van der Waals surface area contributed by atoms with Gasteiger partial charge < -0.3 is 10.1 Å². The maximum absolute atomic E-state index is 12.7. The minimum atomic E-state index is -0.660. The van der Waals surface area contributed by atoms with Gasteiger partial charge in [0.2, 0.25) is 0 Å². The minimum Gasteiger partial charge on any atom is -0.457 e. The van der Waals surface area contributed by atoms with Gasteiger partial charge in [-0.1, -0.05) is 42.5 Å². The maximum Gasteiger partial charge on any atom is 0.267 e. The molecule has 0 saturated heterocycles. The molecule has 0 aliphatic rings. The van der Waals surface area contributed by atoms with E-state index in [0.717, 1.165) is 0 Å². The third-order valence-corrected chi connectivity index (χ3v) is 3.81. The fourth-order valence-corrected chi connectivity index (χ4v) is 2.48. The lowest BCUT2D eigenvalue weighted by atomic mass is 10.1. The number of hydrogen-bond donors (Lipinski definition) is 3. The van der Waals surface area contributed by atoms with Gasteiger partial charge in [-0.05, 0) is 48.0 Å². The summed E-state index contributed by atoms with van der Waals surface area (Å²) in [6.07, 6.45) is 2.66. The molecule has 3 aromatic rings. The summed E-state index contributed by atoms with van der Waals surface area (Å²) >= 11 is 0. The first kappa shape index (κ1) is 18.9. The summed E-state index contributed by atoms with van der Waals surface area (Å²) in [6, 6.07) is 23.2. The number of rotatable bonds is 6. The number of nitrogens with one attached hydrogen (secondary N) is 2. The van der Waals surface area contributed by atoms with E-state index in [4.69, 9.17) is 9.94 Å². The molecule has 0 fully saturated rings. The first-order chi connectivity index (χ1) is 13.7. The second-order valence-corrected chi connectivity index (χ2v) is 5.79. The molecule has 6 nitrogen and oxygen atoms in total. The molecule has 0 spiro atoms. The lowest BCUT2D eigenvalue weighted by molar-refractivity contribution is -0.124. The Bertz CT molecular complexity index is 1000. The smallest absolute Gasteiger partial charge is 0.267 e. The Morgan fingerprint density at radius 2 is 1.57 bits per heavy atom. The number of ether oxygens (including phenoxy) is 1. The second-order valence-electron chi connectivity index (χ2n) is 5.79. The highest BCUT2D eigenvalue weighted by atomic mass is 16.5. The van der Waals surface area contributed by atoms with Crippen molar-refractivity contribution in [2.45, 2.75) is 0 Å². The molecule has 0 saturated carbocycles. The molecule has 3 N–H and O–H groups in total. The molecule has 3 aromatic carbocycles. The van der Waals surface area contributed by atoms with Gasteiger partial charge in [0.1, 0.15) is 11.5 Å². The maximum atomic E-state index is 12.7. The zero-order chi connectivity index (χ0) is 19.8. The molecule has 0 aliphatic carbocycles. The van der Waals surface area contributed by atoms with Crippen LogP contribution in [0.2, 0.25) is 0 Å². The van der Waals surface area contributed by atoms with Gasteiger partial charge in [0.05, 0.1) is 0 Å². The van der Waals surface area contributed by atoms with Crippen LogP contribution in [0.1, 0.15) is 15.9 Å². The van der Waals surface area contributed by atoms with Crippen LogP contribution in [0.15, 0.2) is 84.9 Å². The fourth-order valence-electron chi connectivity index (χ4n) is 2.48. The van der Waals surface area contributed by atoms with E-state index in [0.29, 0.717) is 28.3 Å². The summed E-state index contributed by atoms with van der Waals surface area (Å²) in [4.78, 5) is 23.8. The third kappa shape index (κ3) is 5.06. The van der Waals surface area contributed by atoms with Gasteiger partial charge in [0, 0.05) is 17.3 Å². The second kappa shape index (κ2) is 9.16. The number of anilines is 1. The van der Waals surface area contributed by atoms with Crippen LogP contribution in [-0.4, -0.2) is 17.0 Å². The summed E-state index contributed by atoms with van der Waals surface area (Å²) in [5.74, 6) is 0.252. The standard InChI is InChI=1S/C22H18N2O4/c25-21(24-27)14-13-16-7-4-5-12-20(16)23-22(26)17-8-6-11-19(15-17)28-18-9-2-1-3-10-18/h1-15,27H,(H,23,26)(H,24,25)/b14-13+. The number of hydroxylamine groups is 1. The lowest BCUT2D eigenvalue weighted by Crippen LogP contribution is -2.15. The van der Waals surface area contributed by atoms with Crippen molar-refractivity contribution in [2.24, 2.45) is 0 Å². The van der Waals surface area contributed by atoms with Crippen molar-refractivity contribution in [1.29, 1.82) is 0 Å². The molecule has 2 amide bonds. The van der Waals surface area contributed by atoms with Gasteiger partial charge in [-0.25, -0.2) is 5.48 Å². The predicted octanol–water partition coefficient (Wildman–Crippen LogP) is 4.25. The van der Waals surface area contributed by atoms with Crippen LogP contribution in [0.4, 0.5) is 5.69 Å². The van der Waals surface area contributed by atoms with Crippen LogP contribution in [0.5, 0.6) is 11.5 Å². The number of carbonyl (C=O) groups excluding carboxylic acids is 2. The SMILES string of the molecule is O=C(/C=C/c1ccccc1NC(=O)c1cccc(Oc2ccccc2)c1)NO. The van der Waals surface area contributed by atoms with Crippen LogP contribution in [-0.2, 0) is 4.79 Å². The van der Waals surface area contributed by atoms with E-state index in [-0.39, 0.29) is 5.91 Å². The van der Waals surface area contributed by atoms with Gasteiger partial charge in [-0.3, -0.25) is 14.8 Å². The van der Waals surface area contributed by atoms with E-state index < -0.39 is 5.91 Å². The molecule has 0 bridgehead atoms. The topological polar surface area (TPSA) is 87.7 Å². The lowest BCUT2D eigenvalue weighted by Gasteiger charge is -2.10. The van der Waals surface area contributed by atoms with E-state index in [2.05, 4.69) is 5.32 Å². The normalized spacial score (nSPS) is 10.5. The summed E-state index contributed by atoms with van der Waals surface area (Å²) < 4.78 is 5.76. The van der Waals surface area contributed by atoms with E-state index in [1.165, 1.54) is 17.6 Å².